The van der Waals surface area contributed by atoms with Gasteiger partial charge in [0, 0.05) is 4.75 Å². The molecule has 2 fully saturated rings. The van der Waals surface area contributed by atoms with Crippen LogP contribution in [0.15, 0.2) is 30.3 Å². The molecule has 7 nitrogen and oxygen atoms in total. The van der Waals surface area contributed by atoms with Gasteiger partial charge in [-0.25, -0.2) is 4.79 Å². The molecule has 2 heterocycles. The maximum absolute atomic E-state index is 12.7. The SMILES string of the molecule is CCCOC(=O)C1N2C(=O)[C@@H](NC(=O)C(C)Oc3ccccc3)[C@H]2SC1(C)C. The highest BCUT2D eigenvalue weighted by Crippen LogP contribution is 2.51. The molecule has 0 radical (unpaired) electrons. The Bertz CT molecular complexity index is 754. The van der Waals surface area contributed by atoms with Gasteiger partial charge in [0.05, 0.1) is 6.61 Å². The molecule has 0 spiro atoms. The lowest BCUT2D eigenvalue weighted by atomic mass is 9.96. The first-order valence-electron chi connectivity index (χ1n) is 9.45. The molecular formula is C20H26N2O5S. The first-order chi connectivity index (χ1) is 13.3. The lowest BCUT2D eigenvalue weighted by molar-refractivity contribution is -0.164. The Morgan fingerprint density at radius 2 is 1.96 bits per heavy atom. The number of β-lactam (4-membered cyclic amide) rings is 1. The standard InChI is InChI=1S/C20H26N2O5S/c1-5-11-26-19(25)15-20(3,4)28-18-14(17(24)22(15)18)21-16(23)12(2)27-13-9-7-6-8-10-13/h6-10,12,14-15,18H,5,11H2,1-4H3,(H,21,23)/t12?,14-,15?,18-/m1/s1. The van der Waals surface area contributed by atoms with E-state index in [4.69, 9.17) is 9.47 Å². The van der Waals surface area contributed by atoms with Gasteiger partial charge < -0.3 is 19.7 Å². The van der Waals surface area contributed by atoms with Crippen molar-refractivity contribution in [2.45, 2.75) is 62.4 Å². The van der Waals surface area contributed by atoms with E-state index in [1.54, 1.807) is 19.1 Å². The van der Waals surface area contributed by atoms with Gasteiger partial charge in [-0.2, -0.15) is 0 Å². The number of thioether (sulfide) groups is 1. The van der Waals surface area contributed by atoms with Crippen LogP contribution >= 0.6 is 11.8 Å². The van der Waals surface area contributed by atoms with Crippen LogP contribution in [0.25, 0.3) is 0 Å². The summed E-state index contributed by atoms with van der Waals surface area (Å²) in [5.74, 6) is -0.429. The second kappa shape index (κ2) is 8.03. The molecule has 2 amide bonds. The maximum Gasteiger partial charge on any atom is 0.330 e. The van der Waals surface area contributed by atoms with Crippen molar-refractivity contribution in [2.75, 3.05) is 6.61 Å². The fraction of sp³-hybridized carbons (Fsp3) is 0.550. The van der Waals surface area contributed by atoms with Crippen molar-refractivity contribution >= 4 is 29.5 Å². The number of fused-ring (bicyclic) bond motifs is 1. The molecule has 28 heavy (non-hydrogen) atoms. The lowest BCUT2D eigenvalue weighted by Gasteiger charge is -2.44. The average Bonchev–Trinajstić information content (AvgIpc) is 2.92. The van der Waals surface area contributed by atoms with Crippen LogP contribution in [0.2, 0.25) is 0 Å². The Morgan fingerprint density at radius 3 is 2.61 bits per heavy atom. The Morgan fingerprint density at radius 1 is 1.29 bits per heavy atom. The molecule has 3 rings (SSSR count). The Labute approximate surface area is 169 Å². The van der Waals surface area contributed by atoms with E-state index in [1.807, 2.05) is 39.0 Å². The number of nitrogens with zero attached hydrogens (tertiary/aromatic N) is 1. The van der Waals surface area contributed by atoms with Gasteiger partial charge in [0.15, 0.2) is 6.10 Å². The summed E-state index contributed by atoms with van der Waals surface area (Å²) >= 11 is 1.51. The number of benzene rings is 1. The topological polar surface area (TPSA) is 84.9 Å². The number of carbonyl (C=O) groups is 3. The van der Waals surface area contributed by atoms with Gasteiger partial charge in [-0.3, -0.25) is 9.59 Å². The van der Waals surface area contributed by atoms with Crippen LogP contribution in [0.3, 0.4) is 0 Å². The smallest absolute Gasteiger partial charge is 0.330 e. The van der Waals surface area contributed by atoms with Crippen LogP contribution in [0, 0.1) is 0 Å². The van der Waals surface area contributed by atoms with E-state index in [1.165, 1.54) is 16.7 Å². The lowest BCUT2D eigenvalue weighted by Crippen LogP contribution is -2.71. The summed E-state index contributed by atoms with van der Waals surface area (Å²) in [4.78, 5) is 39.2. The molecule has 8 heteroatoms. The molecule has 1 N–H and O–H groups in total. The number of esters is 1. The second-order valence-corrected chi connectivity index (χ2v) is 9.26. The van der Waals surface area contributed by atoms with Crippen molar-refractivity contribution in [1.82, 2.24) is 10.2 Å². The zero-order chi connectivity index (χ0) is 20.5. The molecule has 0 bridgehead atoms. The van der Waals surface area contributed by atoms with Gasteiger partial charge >= 0.3 is 5.97 Å². The molecule has 1 aromatic rings. The number of rotatable bonds is 7. The number of ether oxygens (including phenoxy) is 2. The first kappa shape index (κ1) is 20.5. The van der Waals surface area contributed by atoms with Crippen LogP contribution in [-0.2, 0) is 19.1 Å². The van der Waals surface area contributed by atoms with Crippen LogP contribution in [-0.4, -0.2) is 57.6 Å². The second-order valence-electron chi connectivity index (χ2n) is 7.49. The molecule has 2 saturated heterocycles. The molecule has 152 valence electrons. The molecule has 2 unspecified atom stereocenters. The van der Waals surface area contributed by atoms with Gasteiger partial charge in [-0.15, -0.1) is 11.8 Å². The third-order valence-electron chi connectivity index (χ3n) is 4.84. The maximum atomic E-state index is 12.7. The van der Waals surface area contributed by atoms with E-state index in [0.717, 1.165) is 6.42 Å². The fourth-order valence-electron chi connectivity index (χ4n) is 3.44. The van der Waals surface area contributed by atoms with Crippen molar-refractivity contribution in [3.05, 3.63) is 30.3 Å². The van der Waals surface area contributed by atoms with E-state index in [-0.39, 0.29) is 23.2 Å². The highest BCUT2D eigenvalue weighted by Gasteiger charge is 2.64. The van der Waals surface area contributed by atoms with Gasteiger partial charge in [-0.1, -0.05) is 25.1 Å². The van der Waals surface area contributed by atoms with E-state index in [9.17, 15) is 14.4 Å². The van der Waals surface area contributed by atoms with Crippen LogP contribution in [0.4, 0.5) is 0 Å². The molecule has 4 atom stereocenters. The third-order valence-corrected chi connectivity index (χ3v) is 6.41. The minimum absolute atomic E-state index is 0.262. The zero-order valence-electron chi connectivity index (χ0n) is 16.5. The minimum atomic E-state index is -0.742. The van der Waals surface area contributed by atoms with Crippen molar-refractivity contribution in [2.24, 2.45) is 0 Å². The largest absolute Gasteiger partial charge is 0.481 e. The average molecular weight is 407 g/mol. The van der Waals surface area contributed by atoms with Crippen molar-refractivity contribution in [3.8, 4) is 5.75 Å². The summed E-state index contributed by atoms with van der Waals surface area (Å²) in [6, 6.07) is 7.73. The van der Waals surface area contributed by atoms with E-state index >= 15 is 0 Å². The predicted molar refractivity (Wildman–Crippen MR) is 106 cm³/mol. The number of amides is 2. The van der Waals surface area contributed by atoms with E-state index < -0.39 is 22.9 Å². The number of nitrogens with one attached hydrogen (secondary N) is 1. The van der Waals surface area contributed by atoms with Crippen LogP contribution in [0.5, 0.6) is 5.75 Å². The highest BCUT2D eigenvalue weighted by molar-refractivity contribution is 8.01. The number of carbonyl (C=O) groups excluding carboxylic acids is 3. The Kier molecular flexibility index (Phi) is 5.88. The van der Waals surface area contributed by atoms with Gasteiger partial charge in [0.25, 0.3) is 5.91 Å². The van der Waals surface area contributed by atoms with Crippen LogP contribution in [0.1, 0.15) is 34.1 Å². The number of para-hydroxylation sites is 1. The normalized spacial score (nSPS) is 26.1. The quantitative estimate of drug-likeness (QED) is 0.550. The van der Waals surface area contributed by atoms with Crippen molar-refractivity contribution in [1.29, 1.82) is 0 Å². The molecule has 0 aliphatic carbocycles. The molecule has 1 aromatic carbocycles. The fourth-order valence-corrected chi connectivity index (χ4v) is 5.06. The number of hydrogen-bond donors (Lipinski definition) is 1. The summed E-state index contributed by atoms with van der Waals surface area (Å²) < 4.78 is 10.4. The molecule has 2 aliphatic rings. The van der Waals surface area contributed by atoms with Gasteiger partial charge in [0.2, 0.25) is 5.91 Å². The minimum Gasteiger partial charge on any atom is -0.481 e. The van der Waals surface area contributed by atoms with Gasteiger partial charge in [0.1, 0.15) is 23.2 Å². The highest BCUT2D eigenvalue weighted by atomic mass is 32.2. The van der Waals surface area contributed by atoms with Crippen LogP contribution < -0.4 is 10.1 Å². The summed E-state index contributed by atoms with van der Waals surface area (Å²) in [5, 5.41) is 2.49. The molecule has 2 aliphatic heterocycles. The van der Waals surface area contributed by atoms with Crippen molar-refractivity contribution < 1.29 is 23.9 Å². The first-order valence-corrected chi connectivity index (χ1v) is 10.3. The Balaban J connectivity index is 1.62. The number of hydrogen-bond acceptors (Lipinski definition) is 6. The van der Waals surface area contributed by atoms with E-state index in [2.05, 4.69) is 5.32 Å². The Hall–Kier alpha value is -2.22. The van der Waals surface area contributed by atoms with Gasteiger partial charge in [-0.05, 0) is 39.3 Å². The monoisotopic (exact) mass is 406 g/mol. The third kappa shape index (κ3) is 3.83. The summed E-state index contributed by atoms with van der Waals surface area (Å²) in [7, 11) is 0. The van der Waals surface area contributed by atoms with E-state index in [0.29, 0.717) is 12.4 Å². The zero-order valence-corrected chi connectivity index (χ0v) is 17.3. The molecule has 0 saturated carbocycles. The van der Waals surface area contributed by atoms with Crippen molar-refractivity contribution in [3.63, 3.8) is 0 Å². The summed E-state index contributed by atoms with van der Waals surface area (Å²) in [5.41, 5.74) is 0. The summed E-state index contributed by atoms with van der Waals surface area (Å²) in [6.45, 7) is 7.73. The predicted octanol–water partition coefficient (Wildman–Crippen LogP) is 1.95. The summed E-state index contributed by atoms with van der Waals surface area (Å²) in [6.07, 6.45) is -0.0181. The molecule has 0 aromatic heterocycles. The molecular weight excluding hydrogens is 380 g/mol.